The summed E-state index contributed by atoms with van der Waals surface area (Å²) >= 11 is 0. The molecule has 0 saturated heterocycles. The third-order valence-corrected chi connectivity index (χ3v) is 2.08. The van der Waals surface area contributed by atoms with Crippen molar-refractivity contribution < 1.29 is 0 Å². The summed E-state index contributed by atoms with van der Waals surface area (Å²) in [6.07, 6.45) is 1.80. The lowest BCUT2D eigenvalue weighted by Gasteiger charge is -2.04. The van der Waals surface area contributed by atoms with E-state index < -0.39 is 0 Å². The molecule has 0 aliphatic rings. The smallest absolute Gasteiger partial charge is 0.188 e. The van der Waals surface area contributed by atoms with Crippen LogP contribution in [0.4, 0.5) is 0 Å². The van der Waals surface area contributed by atoms with Gasteiger partial charge in [0.1, 0.15) is 0 Å². The molecule has 0 atom stereocenters. The molecular weight excluding hydrogens is 194 g/mol. The standard InChI is InChI=1S/C8H13N7/c1-2-15-7(3-4-10-15)5-9-6-8-11-13-14-12-8/h3-4,9H,2,5-6H2,1H3,(H,11,12,13,14). The van der Waals surface area contributed by atoms with Crippen LogP contribution in [0.25, 0.3) is 0 Å². The molecule has 0 unspecified atom stereocenters. The van der Waals surface area contributed by atoms with Crippen molar-refractivity contribution in [2.75, 3.05) is 0 Å². The van der Waals surface area contributed by atoms with E-state index in [4.69, 9.17) is 0 Å². The summed E-state index contributed by atoms with van der Waals surface area (Å²) in [5, 5.41) is 21.0. The Balaban J connectivity index is 1.83. The molecule has 2 rings (SSSR count). The van der Waals surface area contributed by atoms with Crippen LogP contribution in [0.5, 0.6) is 0 Å². The molecule has 15 heavy (non-hydrogen) atoms. The third-order valence-electron chi connectivity index (χ3n) is 2.08. The van der Waals surface area contributed by atoms with Crippen molar-refractivity contribution in [3.63, 3.8) is 0 Å². The highest BCUT2D eigenvalue weighted by Gasteiger charge is 2.01. The summed E-state index contributed by atoms with van der Waals surface area (Å²) in [5.41, 5.74) is 1.15. The number of aromatic nitrogens is 6. The fourth-order valence-electron chi connectivity index (χ4n) is 1.35. The van der Waals surface area contributed by atoms with Crippen LogP contribution in [0.15, 0.2) is 12.3 Å². The second kappa shape index (κ2) is 4.65. The molecule has 2 aromatic rings. The van der Waals surface area contributed by atoms with Crippen LogP contribution >= 0.6 is 0 Å². The molecule has 0 aliphatic heterocycles. The van der Waals surface area contributed by atoms with Gasteiger partial charge in [-0.05, 0) is 13.0 Å². The minimum atomic E-state index is 0.603. The van der Waals surface area contributed by atoms with E-state index in [-0.39, 0.29) is 0 Å². The van der Waals surface area contributed by atoms with Crippen LogP contribution in [0, 0.1) is 0 Å². The van der Waals surface area contributed by atoms with Crippen LogP contribution in [0.3, 0.4) is 0 Å². The number of aromatic amines is 1. The molecule has 2 aromatic heterocycles. The molecule has 0 saturated carbocycles. The summed E-state index contributed by atoms with van der Waals surface area (Å²) in [4.78, 5) is 0. The van der Waals surface area contributed by atoms with Gasteiger partial charge in [0.05, 0.1) is 12.2 Å². The minimum absolute atomic E-state index is 0.603. The molecule has 0 bridgehead atoms. The molecule has 0 amide bonds. The molecule has 0 aliphatic carbocycles. The Morgan fingerprint density at radius 2 is 2.40 bits per heavy atom. The molecule has 7 heteroatoms. The van der Waals surface area contributed by atoms with Gasteiger partial charge in [0, 0.05) is 19.3 Å². The van der Waals surface area contributed by atoms with E-state index >= 15 is 0 Å². The molecule has 80 valence electrons. The van der Waals surface area contributed by atoms with Gasteiger partial charge in [-0.1, -0.05) is 5.21 Å². The van der Waals surface area contributed by atoms with Gasteiger partial charge in [-0.2, -0.15) is 10.3 Å². The number of H-pyrrole nitrogens is 1. The lowest BCUT2D eigenvalue weighted by Crippen LogP contribution is -2.16. The highest BCUT2D eigenvalue weighted by atomic mass is 15.5. The average Bonchev–Trinajstić information content (AvgIpc) is 2.88. The van der Waals surface area contributed by atoms with E-state index in [0.29, 0.717) is 12.4 Å². The van der Waals surface area contributed by atoms with Crippen LogP contribution in [-0.4, -0.2) is 30.4 Å². The normalized spacial score (nSPS) is 10.7. The number of nitrogens with one attached hydrogen (secondary N) is 2. The van der Waals surface area contributed by atoms with Crippen LogP contribution in [-0.2, 0) is 19.6 Å². The van der Waals surface area contributed by atoms with Gasteiger partial charge in [0.2, 0.25) is 0 Å². The predicted octanol–water partition coefficient (Wildman–Crippen LogP) is -0.294. The summed E-state index contributed by atoms with van der Waals surface area (Å²) in [6.45, 7) is 4.30. The van der Waals surface area contributed by atoms with Crippen molar-refractivity contribution in [1.82, 2.24) is 35.7 Å². The number of hydrogen-bond donors (Lipinski definition) is 2. The summed E-state index contributed by atoms with van der Waals surface area (Å²) in [7, 11) is 0. The first-order valence-corrected chi connectivity index (χ1v) is 4.84. The Kier molecular flexibility index (Phi) is 3.03. The number of tetrazole rings is 1. The fraction of sp³-hybridized carbons (Fsp3) is 0.500. The molecule has 0 fully saturated rings. The fourth-order valence-corrected chi connectivity index (χ4v) is 1.35. The van der Waals surface area contributed by atoms with E-state index in [1.807, 2.05) is 10.7 Å². The zero-order chi connectivity index (χ0) is 10.5. The highest BCUT2D eigenvalue weighted by Crippen LogP contribution is 1.98. The monoisotopic (exact) mass is 207 g/mol. The summed E-state index contributed by atoms with van der Waals surface area (Å²) < 4.78 is 1.95. The Morgan fingerprint density at radius 1 is 1.47 bits per heavy atom. The second-order valence-corrected chi connectivity index (χ2v) is 3.07. The first kappa shape index (κ1) is 9.78. The van der Waals surface area contributed by atoms with Crippen molar-refractivity contribution >= 4 is 0 Å². The van der Waals surface area contributed by atoms with E-state index in [2.05, 4.69) is 38.0 Å². The zero-order valence-electron chi connectivity index (χ0n) is 8.51. The maximum Gasteiger partial charge on any atom is 0.188 e. The van der Waals surface area contributed by atoms with Crippen molar-refractivity contribution in [3.8, 4) is 0 Å². The Bertz CT molecular complexity index is 391. The van der Waals surface area contributed by atoms with Gasteiger partial charge in [-0.3, -0.25) is 4.68 Å². The quantitative estimate of drug-likeness (QED) is 0.703. The largest absolute Gasteiger partial charge is 0.304 e. The van der Waals surface area contributed by atoms with Crippen molar-refractivity contribution in [1.29, 1.82) is 0 Å². The van der Waals surface area contributed by atoms with Gasteiger partial charge in [0.25, 0.3) is 0 Å². The first-order chi connectivity index (χ1) is 7.40. The predicted molar refractivity (Wildman–Crippen MR) is 52.6 cm³/mol. The van der Waals surface area contributed by atoms with Crippen molar-refractivity contribution in [2.24, 2.45) is 0 Å². The molecule has 2 heterocycles. The van der Waals surface area contributed by atoms with Gasteiger partial charge in [0.15, 0.2) is 5.82 Å². The molecule has 0 aromatic carbocycles. The van der Waals surface area contributed by atoms with Gasteiger partial charge < -0.3 is 5.32 Å². The maximum absolute atomic E-state index is 4.18. The summed E-state index contributed by atoms with van der Waals surface area (Å²) in [5.74, 6) is 0.664. The Labute approximate surface area is 86.9 Å². The number of aryl methyl sites for hydroxylation is 1. The van der Waals surface area contributed by atoms with E-state index in [0.717, 1.165) is 18.8 Å². The topological polar surface area (TPSA) is 84.3 Å². The average molecular weight is 207 g/mol. The van der Waals surface area contributed by atoms with Gasteiger partial charge in [-0.25, -0.2) is 0 Å². The first-order valence-electron chi connectivity index (χ1n) is 4.84. The third kappa shape index (κ3) is 2.38. The summed E-state index contributed by atoms with van der Waals surface area (Å²) in [6, 6.07) is 1.99. The highest BCUT2D eigenvalue weighted by molar-refractivity contribution is 4.99. The molecular formula is C8H13N7. The van der Waals surface area contributed by atoms with Gasteiger partial charge in [-0.15, -0.1) is 10.2 Å². The van der Waals surface area contributed by atoms with Crippen LogP contribution in [0.1, 0.15) is 18.4 Å². The van der Waals surface area contributed by atoms with E-state index in [1.54, 1.807) is 6.20 Å². The van der Waals surface area contributed by atoms with Crippen molar-refractivity contribution in [3.05, 3.63) is 23.8 Å². The number of nitrogens with zero attached hydrogens (tertiary/aromatic N) is 5. The Morgan fingerprint density at radius 3 is 3.13 bits per heavy atom. The van der Waals surface area contributed by atoms with E-state index in [9.17, 15) is 0 Å². The maximum atomic E-state index is 4.18. The Hall–Kier alpha value is -1.76. The second-order valence-electron chi connectivity index (χ2n) is 3.07. The van der Waals surface area contributed by atoms with Gasteiger partial charge >= 0.3 is 0 Å². The van der Waals surface area contributed by atoms with Crippen LogP contribution in [0.2, 0.25) is 0 Å². The van der Waals surface area contributed by atoms with Crippen molar-refractivity contribution in [2.45, 2.75) is 26.6 Å². The molecule has 0 spiro atoms. The molecule has 0 radical (unpaired) electrons. The zero-order valence-corrected chi connectivity index (χ0v) is 8.51. The van der Waals surface area contributed by atoms with E-state index in [1.165, 1.54) is 0 Å². The molecule has 2 N–H and O–H groups in total. The van der Waals surface area contributed by atoms with Crippen LogP contribution < -0.4 is 5.32 Å². The SMILES string of the molecule is CCn1nccc1CNCc1nn[nH]n1. The molecule has 7 nitrogen and oxygen atoms in total. The lowest BCUT2D eigenvalue weighted by molar-refractivity contribution is 0.574. The minimum Gasteiger partial charge on any atom is -0.304 e. The lowest BCUT2D eigenvalue weighted by atomic mass is 10.4. The number of hydrogen-bond acceptors (Lipinski definition) is 5. The number of rotatable bonds is 5.